The molecule has 8 heteroatoms. The van der Waals surface area contributed by atoms with Gasteiger partial charge in [0.1, 0.15) is 0 Å². The van der Waals surface area contributed by atoms with E-state index >= 15 is 0 Å². The van der Waals surface area contributed by atoms with Gasteiger partial charge in [0.2, 0.25) is 5.91 Å². The Balaban J connectivity index is 2.32. The number of anilines is 1. The summed E-state index contributed by atoms with van der Waals surface area (Å²) in [6.07, 6.45) is -1.24. The molecule has 0 atom stereocenters. The van der Waals surface area contributed by atoms with Gasteiger partial charge in [-0.1, -0.05) is 17.7 Å². The SMILES string of the molecule is CNC(=O)c1ccc(-c2ccc(N(CC(F)F)C(C)=O)c(Cl)c2)nc1. The summed E-state index contributed by atoms with van der Waals surface area (Å²) in [4.78, 5) is 28.2. The quantitative estimate of drug-likeness (QED) is 0.881. The topological polar surface area (TPSA) is 62.3 Å². The summed E-state index contributed by atoms with van der Waals surface area (Å²) in [5, 5.41) is 2.65. The van der Waals surface area contributed by atoms with Crippen LogP contribution >= 0.6 is 11.6 Å². The van der Waals surface area contributed by atoms with Crippen LogP contribution in [0.3, 0.4) is 0 Å². The van der Waals surface area contributed by atoms with Crippen molar-refractivity contribution in [3.05, 3.63) is 47.1 Å². The number of nitrogens with zero attached hydrogens (tertiary/aromatic N) is 2. The smallest absolute Gasteiger partial charge is 0.256 e. The minimum Gasteiger partial charge on any atom is -0.355 e. The third-order valence-corrected chi connectivity index (χ3v) is 3.79. The highest BCUT2D eigenvalue weighted by atomic mass is 35.5. The molecule has 132 valence electrons. The number of hydrogen-bond acceptors (Lipinski definition) is 3. The lowest BCUT2D eigenvalue weighted by molar-refractivity contribution is -0.117. The van der Waals surface area contributed by atoms with E-state index in [1.807, 2.05) is 0 Å². The average Bonchev–Trinajstić information content (AvgIpc) is 2.59. The second-order valence-corrected chi connectivity index (χ2v) is 5.61. The first kappa shape index (κ1) is 18.8. The highest BCUT2D eigenvalue weighted by Gasteiger charge is 2.19. The van der Waals surface area contributed by atoms with E-state index in [1.165, 1.54) is 26.2 Å². The summed E-state index contributed by atoms with van der Waals surface area (Å²) in [5.74, 6) is -0.778. The Kier molecular flexibility index (Phi) is 6.03. The fourth-order valence-corrected chi connectivity index (χ4v) is 2.55. The molecule has 1 aromatic carbocycles. The molecule has 0 radical (unpaired) electrons. The zero-order valence-electron chi connectivity index (χ0n) is 13.6. The van der Waals surface area contributed by atoms with Gasteiger partial charge in [-0.15, -0.1) is 0 Å². The minimum atomic E-state index is -2.67. The van der Waals surface area contributed by atoms with E-state index in [0.29, 0.717) is 16.8 Å². The van der Waals surface area contributed by atoms with Crippen LogP contribution in [0.1, 0.15) is 17.3 Å². The van der Waals surface area contributed by atoms with Gasteiger partial charge >= 0.3 is 0 Å². The molecule has 25 heavy (non-hydrogen) atoms. The Labute approximate surface area is 148 Å². The molecule has 0 aliphatic carbocycles. The van der Waals surface area contributed by atoms with Gasteiger partial charge in [0.05, 0.1) is 28.5 Å². The number of alkyl halides is 2. The van der Waals surface area contributed by atoms with Gasteiger partial charge in [-0.3, -0.25) is 14.6 Å². The second kappa shape index (κ2) is 8.02. The Hall–Kier alpha value is -2.54. The number of pyridine rings is 1. The summed E-state index contributed by atoms with van der Waals surface area (Å²) < 4.78 is 25.3. The molecule has 1 aromatic heterocycles. The standard InChI is InChI=1S/C17H16ClF2N3O2/c1-10(24)23(9-16(19)20)15-6-4-11(7-13(15)18)14-5-3-12(8-22-14)17(25)21-2/h3-8,16H,9H2,1-2H3,(H,21,25). The van der Waals surface area contributed by atoms with Crippen LogP contribution in [0, 0.1) is 0 Å². The van der Waals surface area contributed by atoms with Gasteiger partial charge in [-0.05, 0) is 24.3 Å². The fraction of sp³-hybridized carbons (Fsp3) is 0.235. The average molecular weight is 368 g/mol. The molecule has 1 heterocycles. The van der Waals surface area contributed by atoms with E-state index in [0.717, 1.165) is 4.90 Å². The van der Waals surface area contributed by atoms with Crippen LogP contribution < -0.4 is 10.2 Å². The molecule has 0 unspecified atom stereocenters. The molecule has 0 aliphatic rings. The molecule has 0 saturated heterocycles. The predicted molar refractivity (Wildman–Crippen MR) is 92.1 cm³/mol. The maximum Gasteiger partial charge on any atom is 0.256 e. The Morgan fingerprint density at radius 1 is 1.28 bits per heavy atom. The van der Waals surface area contributed by atoms with Crippen molar-refractivity contribution in [2.24, 2.45) is 0 Å². The third-order valence-electron chi connectivity index (χ3n) is 3.49. The Morgan fingerprint density at radius 3 is 2.48 bits per heavy atom. The van der Waals surface area contributed by atoms with Gasteiger partial charge in [0.25, 0.3) is 12.3 Å². The molecular formula is C17H16ClF2N3O2. The highest BCUT2D eigenvalue weighted by molar-refractivity contribution is 6.34. The van der Waals surface area contributed by atoms with Gasteiger partial charge < -0.3 is 10.2 Å². The van der Waals surface area contributed by atoms with Crippen molar-refractivity contribution in [2.45, 2.75) is 13.3 Å². The summed E-state index contributed by atoms with van der Waals surface area (Å²) >= 11 is 6.18. The number of aromatic nitrogens is 1. The number of hydrogen-bond donors (Lipinski definition) is 1. The first-order valence-corrected chi connectivity index (χ1v) is 7.75. The molecule has 2 rings (SSSR count). The number of benzene rings is 1. The van der Waals surface area contributed by atoms with Crippen LogP contribution in [0.15, 0.2) is 36.5 Å². The van der Waals surface area contributed by atoms with Crippen LogP contribution in [0.2, 0.25) is 5.02 Å². The maximum atomic E-state index is 12.7. The van der Waals surface area contributed by atoms with Crippen LogP contribution in [0.5, 0.6) is 0 Å². The van der Waals surface area contributed by atoms with Crippen LogP contribution in [0.4, 0.5) is 14.5 Å². The largest absolute Gasteiger partial charge is 0.355 e. The van der Waals surface area contributed by atoms with E-state index in [1.54, 1.807) is 24.3 Å². The van der Waals surface area contributed by atoms with Crippen molar-refractivity contribution >= 4 is 29.1 Å². The minimum absolute atomic E-state index is 0.158. The zero-order valence-corrected chi connectivity index (χ0v) is 14.3. The predicted octanol–water partition coefficient (Wildman–Crippen LogP) is 3.38. The van der Waals surface area contributed by atoms with E-state index in [-0.39, 0.29) is 16.6 Å². The molecule has 0 aliphatic heterocycles. The van der Waals surface area contributed by atoms with Crippen LogP contribution in [0.25, 0.3) is 11.3 Å². The van der Waals surface area contributed by atoms with Gasteiger partial charge in [0.15, 0.2) is 0 Å². The van der Waals surface area contributed by atoms with Crippen molar-refractivity contribution in [3.8, 4) is 11.3 Å². The summed E-state index contributed by atoms with van der Waals surface area (Å²) in [5.41, 5.74) is 1.82. The van der Waals surface area contributed by atoms with E-state index in [4.69, 9.17) is 11.6 Å². The lowest BCUT2D eigenvalue weighted by Crippen LogP contribution is -2.33. The summed E-state index contributed by atoms with van der Waals surface area (Å²) in [6, 6.07) is 7.93. The third kappa shape index (κ3) is 4.51. The number of nitrogens with one attached hydrogen (secondary N) is 1. The molecule has 2 amide bonds. The maximum absolute atomic E-state index is 12.7. The number of amides is 2. The van der Waals surface area contributed by atoms with Crippen molar-refractivity contribution < 1.29 is 18.4 Å². The van der Waals surface area contributed by atoms with Gasteiger partial charge in [-0.25, -0.2) is 8.78 Å². The summed E-state index contributed by atoms with van der Waals surface area (Å²) in [6.45, 7) is 0.471. The number of carbonyl (C=O) groups is 2. The Morgan fingerprint density at radius 2 is 2.00 bits per heavy atom. The van der Waals surface area contributed by atoms with E-state index < -0.39 is 18.9 Å². The van der Waals surface area contributed by atoms with Gasteiger partial charge in [0, 0.05) is 25.7 Å². The fourth-order valence-electron chi connectivity index (χ4n) is 2.26. The molecule has 0 bridgehead atoms. The molecule has 0 fully saturated rings. The number of rotatable bonds is 5. The monoisotopic (exact) mass is 367 g/mol. The van der Waals surface area contributed by atoms with Crippen molar-refractivity contribution in [2.75, 3.05) is 18.5 Å². The molecule has 1 N–H and O–H groups in total. The van der Waals surface area contributed by atoms with Crippen LogP contribution in [-0.4, -0.2) is 36.8 Å². The molecule has 2 aromatic rings. The number of carbonyl (C=O) groups excluding carboxylic acids is 2. The highest BCUT2D eigenvalue weighted by Crippen LogP contribution is 2.31. The molecule has 0 saturated carbocycles. The molecule has 0 spiro atoms. The van der Waals surface area contributed by atoms with Crippen molar-refractivity contribution in [3.63, 3.8) is 0 Å². The lowest BCUT2D eigenvalue weighted by atomic mass is 10.1. The van der Waals surface area contributed by atoms with E-state index in [2.05, 4.69) is 10.3 Å². The number of halogens is 3. The van der Waals surface area contributed by atoms with Crippen molar-refractivity contribution in [1.82, 2.24) is 10.3 Å². The normalized spacial score (nSPS) is 10.6. The first-order chi connectivity index (χ1) is 11.8. The second-order valence-electron chi connectivity index (χ2n) is 5.20. The van der Waals surface area contributed by atoms with E-state index in [9.17, 15) is 18.4 Å². The zero-order chi connectivity index (χ0) is 18.6. The van der Waals surface area contributed by atoms with Crippen molar-refractivity contribution in [1.29, 1.82) is 0 Å². The molecule has 5 nitrogen and oxygen atoms in total. The summed E-state index contributed by atoms with van der Waals surface area (Å²) in [7, 11) is 1.52. The Bertz CT molecular complexity index is 782. The lowest BCUT2D eigenvalue weighted by Gasteiger charge is -2.22. The molecular weight excluding hydrogens is 352 g/mol. The van der Waals surface area contributed by atoms with Gasteiger partial charge in [-0.2, -0.15) is 0 Å². The first-order valence-electron chi connectivity index (χ1n) is 7.37. The van der Waals surface area contributed by atoms with Crippen LogP contribution in [-0.2, 0) is 4.79 Å².